The highest BCUT2D eigenvalue weighted by atomic mass is 19.4. The number of alkyl halides is 3. The first kappa shape index (κ1) is 17.9. The molecule has 0 aliphatic carbocycles. The van der Waals surface area contributed by atoms with Crippen LogP contribution in [0.3, 0.4) is 0 Å². The fourth-order valence-corrected chi connectivity index (χ4v) is 2.30. The van der Waals surface area contributed by atoms with Crippen LogP contribution >= 0.6 is 0 Å². The Kier molecular flexibility index (Phi) is 5.19. The third-order valence-corrected chi connectivity index (χ3v) is 3.39. The summed E-state index contributed by atoms with van der Waals surface area (Å²) in [5.41, 5.74) is 2.13. The van der Waals surface area contributed by atoms with E-state index in [0.29, 0.717) is 17.0 Å². The zero-order valence-electron chi connectivity index (χ0n) is 13.6. The number of rotatable bonds is 6. The summed E-state index contributed by atoms with van der Waals surface area (Å²) in [6, 6.07) is 10.9. The van der Waals surface area contributed by atoms with Gasteiger partial charge in [-0.1, -0.05) is 6.07 Å². The lowest BCUT2D eigenvalue weighted by Gasteiger charge is -2.11. The van der Waals surface area contributed by atoms with Crippen LogP contribution in [0, 0.1) is 0 Å². The summed E-state index contributed by atoms with van der Waals surface area (Å²) in [5, 5.41) is 3.81. The Bertz CT molecular complexity index is 886. The van der Waals surface area contributed by atoms with Crippen LogP contribution in [0.4, 0.5) is 24.7 Å². The summed E-state index contributed by atoms with van der Waals surface area (Å²) in [4.78, 5) is 17.9. The first-order chi connectivity index (χ1) is 12.4. The highest BCUT2D eigenvalue weighted by Gasteiger charge is 2.30. The van der Waals surface area contributed by atoms with E-state index in [1.165, 1.54) is 37.7 Å². The van der Waals surface area contributed by atoms with E-state index in [1.807, 2.05) is 18.2 Å². The Balaban J connectivity index is 1.80. The molecule has 1 heterocycles. The third kappa shape index (κ3) is 4.58. The van der Waals surface area contributed by atoms with E-state index < -0.39 is 6.36 Å². The number of hydrogen-bond donors (Lipinski definition) is 1. The largest absolute Gasteiger partial charge is 0.573 e. The van der Waals surface area contributed by atoms with Crippen LogP contribution in [0.5, 0.6) is 5.75 Å². The maximum absolute atomic E-state index is 12.2. The molecule has 0 spiro atoms. The number of nitrogens with one attached hydrogen (secondary N) is 1. The quantitative estimate of drug-likeness (QED) is 0.518. The fourth-order valence-electron chi connectivity index (χ4n) is 2.30. The minimum atomic E-state index is -4.72. The van der Waals surface area contributed by atoms with Crippen molar-refractivity contribution in [3.05, 3.63) is 54.4 Å². The number of anilines is 2. The number of fused-ring (bicyclic) bond motifs is 1. The van der Waals surface area contributed by atoms with Gasteiger partial charge in [0.05, 0.1) is 12.6 Å². The number of benzene rings is 2. The van der Waals surface area contributed by atoms with Crippen molar-refractivity contribution in [3.8, 4) is 5.75 Å². The van der Waals surface area contributed by atoms with Gasteiger partial charge in [0.25, 0.3) is 0 Å². The molecule has 2 aromatic carbocycles. The van der Waals surface area contributed by atoms with E-state index in [-0.39, 0.29) is 12.4 Å². The maximum atomic E-state index is 12.2. The van der Waals surface area contributed by atoms with Crippen molar-refractivity contribution in [2.45, 2.75) is 13.0 Å². The highest BCUT2D eigenvalue weighted by molar-refractivity contribution is 5.90. The molecule has 0 bridgehead atoms. The first-order valence-corrected chi connectivity index (χ1v) is 7.47. The fraction of sp³-hybridized carbons (Fsp3) is 0.176. The normalized spacial score (nSPS) is 11.5. The van der Waals surface area contributed by atoms with E-state index in [9.17, 15) is 13.2 Å². The molecule has 0 fully saturated rings. The van der Waals surface area contributed by atoms with Crippen LogP contribution in [-0.2, 0) is 16.4 Å². The predicted molar refractivity (Wildman–Crippen MR) is 87.7 cm³/mol. The Morgan fingerprint density at radius 3 is 2.50 bits per heavy atom. The Hall–Kier alpha value is -2.91. The summed E-state index contributed by atoms with van der Waals surface area (Å²) >= 11 is 0. The Morgan fingerprint density at radius 2 is 1.81 bits per heavy atom. The van der Waals surface area contributed by atoms with E-state index >= 15 is 0 Å². The SMILES string of the molecule is COOCc1ccc2c(Nc3ccc(OC(F)(F)F)cc3)ncnc2c1. The highest BCUT2D eigenvalue weighted by Crippen LogP contribution is 2.27. The molecule has 6 nitrogen and oxygen atoms in total. The predicted octanol–water partition coefficient (Wildman–Crippen LogP) is 4.35. The smallest absolute Gasteiger partial charge is 0.406 e. The van der Waals surface area contributed by atoms with Crippen LogP contribution in [0.15, 0.2) is 48.8 Å². The van der Waals surface area contributed by atoms with Crippen molar-refractivity contribution in [2.75, 3.05) is 12.4 Å². The van der Waals surface area contributed by atoms with Gasteiger partial charge < -0.3 is 10.1 Å². The molecule has 0 saturated heterocycles. The van der Waals surface area contributed by atoms with Gasteiger partial charge in [0.2, 0.25) is 0 Å². The zero-order valence-corrected chi connectivity index (χ0v) is 13.6. The number of hydrogen-bond acceptors (Lipinski definition) is 6. The van der Waals surface area contributed by atoms with Gasteiger partial charge in [0.1, 0.15) is 24.5 Å². The molecule has 3 rings (SSSR count). The third-order valence-electron chi connectivity index (χ3n) is 3.39. The van der Waals surface area contributed by atoms with Crippen LogP contribution in [0.1, 0.15) is 5.56 Å². The molecule has 0 radical (unpaired) electrons. The van der Waals surface area contributed by atoms with E-state index in [0.717, 1.165) is 10.9 Å². The topological polar surface area (TPSA) is 65.5 Å². The lowest BCUT2D eigenvalue weighted by atomic mass is 10.1. The van der Waals surface area contributed by atoms with Crippen molar-refractivity contribution in [1.82, 2.24) is 9.97 Å². The average Bonchev–Trinajstić information content (AvgIpc) is 2.60. The van der Waals surface area contributed by atoms with Crippen LogP contribution in [0.25, 0.3) is 10.9 Å². The van der Waals surface area contributed by atoms with Crippen LogP contribution in [-0.4, -0.2) is 23.4 Å². The minimum Gasteiger partial charge on any atom is -0.406 e. The summed E-state index contributed by atoms with van der Waals surface area (Å²) in [7, 11) is 1.43. The van der Waals surface area contributed by atoms with Crippen molar-refractivity contribution >= 4 is 22.4 Å². The molecule has 0 unspecified atom stereocenters. The van der Waals surface area contributed by atoms with Gasteiger partial charge in [-0.25, -0.2) is 19.7 Å². The number of nitrogens with zero attached hydrogens (tertiary/aromatic N) is 2. The molecule has 1 N–H and O–H groups in total. The summed E-state index contributed by atoms with van der Waals surface area (Å²) in [5.74, 6) is 0.233. The summed E-state index contributed by atoms with van der Waals surface area (Å²) in [6.07, 6.45) is -3.32. The molecule has 1 aromatic heterocycles. The van der Waals surface area contributed by atoms with Gasteiger partial charge in [-0.05, 0) is 42.0 Å². The summed E-state index contributed by atoms with van der Waals surface area (Å²) < 4.78 is 40.5. The molecule has 0 aliphatic rings. The van der Waals surface area contributed by atoms with Gasteiger partial charge in [-0.15, -0.1) is 13.2 Å². The standard InChI is InChI=1S/C17H14F3N3O3/c1-24-25-9-11-2-7-14-15(8-11)21-10-22-16(14)23-12-3-5-13(6-4-12)26-17(18,19)20/h2-8,10H,9H2,1H3,(H,21,22,23). The van der Waals surface area contributed by atoms with Crippen molar-refractivity contribution in [1.29, 1.82) is 0 Å². The zero-order chi connectivity index (χ0) is 18.6. The van der Waals surface area contributed by atoms with Gasteiger partial charge >= 0.3 is 6.36 Å². The molecule has 0 saturated carbocycles. The van der Waals surface area contributed by atoms with Gasteiger partial charge in [-0.2, -0.15) is 0 Å². The van der Waals surface area contributed by atoms with E-state index in [4.69, 9.17) is 4.89 Å². The number of halogens is 3. The molecule has 136 valence electrons. The van der Waals surface area contributed by atoms with E-state index in [2.05, 4.69) is 24.9 Å². The lowest BCUT2D eigenvalue weighted by molar-refractivity contribution is -0.282. The first-order valence-electron chi connectivity index (χ1n) is 7.47. The van der Waals surface area contributed by atoms with Gasteiger partial charge in [0.15, 0.2) is 0 Å². The van der Waals surface area contributed by atoms with Crippen LogP contribution < -0.4 is 10.1 Å². The molecule has 9 heteroatoms. The number of aromatic nitrogens is 2. The van der Waals surface area contributed by atoms with Crippen molar-refractivity contribution in [3.63, 3.8) is 0 Å². The lowest BCUT2D eigenvalue weighted by Crippen LogP contribution is -2.16. The molecule has 0 aliphatic heterocycles. The van der Waals surface area contributed by atoms with Crippen LogP contribution in [0.2, 0.25) is 0 Å². The monoisotopic (exact) mass is 365 g/mol. The Morgan fingerprint density at radius 1 is 1.04 bits per heavy atom. The Labute approximate surface area is 146 Å². The number of ether oxygens (including phenoxy) is 1. The second-order valence-corrected chi connectivity index (χ2v) is 5.20. The van der Waals surface area contributed by atoms with Crippen molar-refractivity contribution in [2.24, 2.45) is 0 Å². The molecule has 0 atom stereocenters. The second kappa shape index (κ2) is 7.54. The molecular weight excluding hydrogens is 351 g/mol. The summed E-state index contributed by atoms with van der Waals surface area (Å²) in [6.45, 7) is 0.278. The van der Waals surface area contributed by atoms with Crippen molar-refractivity contribution < 1.29 is 27.7 Å². The van der Waals surface area contributed by atoms with Gasteiger partial charge in [-0.3, -0.25) is 0 Å². The van der Waals surface area contributed by atoms with Gasteiger partial charge in [0, 0.05) is 11.1 Å². The molecule has 0 amide bonds. The second-order valence-electron chi connectivity index (χ2n) is 5.20. The molecule has 26 heavy (non-hydrogen) atoms. The molecular formula is C17H14F3N3O3. The maximum Gasteiger partial charge on any atom is 0.573 e. The average molecular weight is 365 g/mol. The molecule has 3 aromatic rings. The minimum absolute atomic E-state index is 0.278. The van der Waals surface area contributed by atoms with E-state index in [1.54, 1.807) is 0 Å².